The number of carbonyl (C=O) groups is 1. The lowest BCUT2D eigenvalue weighted by Gasteiger charge is -2.31. The van der Waals surface area contributed by atoms with Crippen molar-refractivity contribution in [2.24, 2.45) is 5.92 Å². The zero-order valence-electron chi connectivity index (χ0n) is 10.9. The fourth-order valence-corrected chi connectivity index (χ4v) is 2.90. The molecule has 0 atom stereocenters. The molecule has 20 heavy (non-hydrogen) atoms. The van der Waals surface area contributed by atoms with Gasteiger partial charge < -0.3 is 5.11 Å². The number of rotatable bonds is 4. The van der Waals surface area contributed by atoms with Crippen molar-refractivity contribution in [2.75, 3.05) is 13.1 Å². The first kappa shape index (κ1) is 15.4. The van der Waals surface area contributed by atoms with E-state index in [1.807, 2.05) is 4.90 Å². The van der Waals surface area contributed by atoms with E-state index in [9.17, 15) is 13.6 Å². The molecular weight excluding hydrogens is 332 g/mol. The van der Waals surface area contributed by atoms with Crippen LogP contribution in [0.5, 0.6) is 0 Å². The van der Waals surface area contributed by atoms with Crippen LogP contribution in [-0.4, -0.2) is 29.1 Å². The van der Waals surface area contributed by atoms with Crippen LogP contribution >= 0.6 is 15.9 Å². The highest BCUT2D eigenvalue weighted by Crippen LogP contribution is 2.26. The molecule has 1 heterocycles. The molecule has 1 N–H and O–H groups in total. The summed E-state index contributed by atoms with van der Waals surface area (Å²) in [5.74, 6) is -1.72. The van der Waals surface area contributed by atoms with Gasteiger partial charge in [0, 0.05) is 18.5 Å². The Morgan fingerprint density at radius 1 is 1.35 bits per heavy atom. The second-order valence-corrected chi connectivity index (χ2v) is 5.99. The number of benzene rings is 1. The predicted molar refractivity (Wildman–Crippen MR) is 74.3 cm³/mol. The Bertz CT molecular complexity index is 502. The van der Waals surface area contributed by atoms with Crippen molar-refractivity contribution in [1.29, 1.82) is 0 Å². The molecule has 1 fully saturated rings. The number of halogens is 3. The Labute approximate surface area is 124 Å². The molecule has 0 aliphatic carbocycles. The summed E-state index contributed by atoms with van der Waals surface area (Å²) in [4.78, 5) is 12.6. The molecule has 110 valence electrons. The molecule has 0 radical (unpaired) electrons. The topological polar surface area (TPSA) is 40.5 Å². The van der Waals surface area contributed by atoms with E-state index in [1.54, 1.807) is 0 Å². The van der Waals surface area contributed by atoms with E-state index >= 15 is 0 Å². The van der Waals surface area contributed by atoms with Gasteiger partial charge in [-0.1, -0.05) is 0 Å². The lowest BCUT2D eigenvalue weighted by Crippen LogP contribution is -2.34. The molecule has 3 nitrogen and oxygen atoms in total. The van der Waals surface area contributed by atoms with Gasteiger partial charge in [0.05, 0.1) is 4.47 Å². The van der Waals surface area contributed by atoms with Crippen LogP contribution < -0.4 is 0 Å². The minimum atomic E-state index is -0.785. The number of carboxylic acids is 1. The summed E-state index contributed by atoms with van der Waals surface area (Å²) in [6.45, 7) is 1.56. The zero-order chi connectivity index (χ0) is 14.7. The molecule has 1 saturated heterocycles. The van der Waals surface area contributed by atoms with Gasteiger partial charge >= 0.3 is 5.97 Å². The SMILES string of the molecule is O=C(O)CC1CCN(Cc2c(F)ccc(Br)c2F)CC1. The third kappa shape index (κ3) is 3.76. The van der Waals surface area contributed by atoms with Crippen molar-refractivity contribution in [1.82, 2.24) is 4.90 Å². The molecule has 0 amide bonds. The number of hydrogen-bond donors (Lipinski definition) is 1. The van der Waals surface area contributed by atoms with Crippen LogP contribution in [-0.2, 0) is 11.3 Å². The van der Waals surface area contributed by atoms with Gasteiger partial charge in [-0.25, -0.2) is 8.78 Å². The first-order chi connectivity index (χ1) is 9.47. The van der Waals surface area contributed by atoms with Gasteiger partial charge in [-0.15, -0.1) is 0 Å². The molecule has 0 unspecified atom stereocenters. The van der Waals surface area contributed by atoms with Gasteiger partial charge in [0.25, 0.3) is 0 Å². The highest BCUT2D eigenvalue weighted by Gasteiger charge is 2.23. The summed E-state index contributed by atoms with van der Waals surface area (Å²) in [5, 5.41) is 8.75. The van der Waals surface area contributed by atoms with E-state index in [0.717, 1.165) is 12.8 Å². The fraction of sp³-hybridized carbons (Fsp3) is 0.500. The molecule has 1 aliphatic rings. The summed E-state index contributed by atoms with van der Waals surface area (Å²) in [5.41, 5.74) is 0.0658. The molecule has 6 heteroatoms. The summed E-state index contributed by atoms with van der Waals surface area (Å²) >= 11 is 3.06. The van der Waals surface area contributed by atoms with Gasteiger partial charge in [-0.2, -0.15) is 0 Å². The molecular formula is C14H16BrF2NO2. The average Bonchev–Trinajstić information content (AvgIpc) is 2.40. The quantitative estimate of drug-likeness (QED) is 0.848. The minimum absolute atomic E-state index is 0.0658. The number of nitrogens with zero attached hydrogens (tertiary/aromatic N) is 1. The molecule has 1 aromatic carbocycles. The first-order valence-electron chi connectivity index (χ1n) is 6.54. The van der Waals surface area contributed by atoms with Crippen LogP contribution in [0.3, 0.4) is 0 Å². The van der Waals surface area contributed by atoms with E-state index in [1.165, 1.54) is 12.1 Å². The number of piperidine rings is 1. The van der Waals surface area contributed by atoms with E-state index in [2.05, 4.69) is 15.9 Å². The Hall–Kier alpha value is -1.01. The van der Waals surface area contributed by atoms with Gasteiger partial charge in [-0.3, -0.25) is 9.69 Å². The maximum atomic E-state index is 13.9. The van der Waals surface area contributed by atoms with Crippen molar-refractivity contribution < 1.29 is 18.7 Å². The number of aliphatic carboxylic acids is 1. The van der Waals surface area contributed by atoms with Gasteiger partial charge in [0.15, 0.2) is 0 Å². The third-order valence-corrected chi connectivity index (χ3v) is 4.30. The summed E-state index contributed by atoms with van der Waals surface area (Å²) in [6.07, 6.45) is 1.68. The lowest BCUT2D eigenvalue weighted by atomic mass is 9.93. The second kappa shape index (κ2) is 6.63. The molecule has 0 spiro atoms. The number of likely N-dealkylation sites (tertiary alicyclic amines) is 1. The maximum Gasteiger partial charge on any atom is 0.303 e. The van der Waals surface area contributed by atoms with E-state index in [4.69, 9.17) is 5.11 Å². The fourth-order valence-electron chi connectivity index (χ4n) is 2.53. The van der Waals surface area contributed by atoms with Crippen molar-refractivity contribution in [3.63, 3.8) is 0 Å². The van der Waals surface area contributed by atoms with Crippen molar-refractivity contribution in [3.05, 3.63) is 33.8 Å². The van der Waals surface area contributed by atoms with E-state index in [0.29, 0.717) is 13.1 Å². The molecule has 1 aliphatic heterocycles. The maximum absolute atomic E-state index is 13.9. The Morgan fingerprint density at radius 2 is 2.00 bits per heavy atom. The third-order valence-electron chi connectivity index (χ3n) is 3.69. The largest absolute Gasteiger partial charge is 0.481 e. The molecule has 0 aromatic heterocycles. The van der Waals surface area contributed by atoms with Crippen LogP contribution in [0.25, 0.3) is 0 Å². The van der Waals surface area contributed by atoms with Crippen LogP contribution in [0, 0.1) is 17.6 Å². The normalized spacial score (nSPS) is 17.4. The van der Waals surface area contributed by atoms with E-state index < -0.39 is 17.6 Å². The first-order valence-corrected chi connectivity index (χ1v) is 7.33. The highest BCUT2D eigenvalue weighted by molar-refractivity contribution is 9.10. The minimum Gasteiger partial charge on any atom is -0.481 e. The van der Waals surface area contributed by atoms with Crippen LogP contribution in [0.15, 0.2) is 16.6 Å². The summed E-state index contributed by atoms with van der Waals surface area (Å²) in [7, 11) is 0. The van der Waals surface area contributed by atoms with Gasteiger partial charge in [0.2, 0.25) is 0 Å². The molecule has 0 saturated carbocycles. The number of carboxylic acid groups (broad SMARTS) is 1. The summed E-state index contributed by atoms with van der Waals surface area (Å²) in [6, 6.07) is 2.60. The Morgan fingerprint density at radius 3 is 2.60 bits per heavy atom. The lowest BCUT2D eigenvalue weighted by molar-refractivity contribution is -0.138. The summed E-state index contributed by atoms with van der Waals surface area (Å²) < 4.78 is 27.8. The zero-order valence-corrected chi connectivity index (χ0v) is 12.5. The van der Waals surface area contributed by atoms with Crippen molar-refractivity contribution >= 4 is 21.9 Å². The Balaban J connectivity index is 1.96. The Kier molecular flexibility index (Phi) is 5.10. The standard InChI is InChI=1S/C14H16BrF2NO2/c15-11-1-2-12(16)10(14(11)17)8-18-5-3-9(4-6-18)7-13(19)20/h1-2,9H,3-8H2,(H,19,20). The van der Waals surface area contributed by atoms with E-state index in [-0.39, 0.29) is 28.9 Å². The predicted octanol–water partition coefficient (Wildman–Crippen LogP) is 3.41. The average molecular weight is 348 g/mol. The van der Waals surface area contributed by atoms with Crippen molar-refractivity contribution in [2.45, 2.75) is 25.8 Å². The smallest absolute Gasteiger partial charge is 0.303 e. The van der Waals surface area contributed by atoms with Crippen LogP contribution in [0.4, 0.5) is 8.78 Å². The van der Waals surface area contributed by atoms with Gasteiger partial charge in [0.1, 0.15) is 11.6 Å². The number of hydrogen-bond acceptors (Lipinski definition) is 2. The highest BCUT2D eigenvalue weighted by atomic mass is 79.9. The van der Waals surface area contributed by atoms with Crippen molar-refractivity contribution in [3.8, 4) is 0 Å². The molecule has 0 bridgehead atoms. The molecule has 1 aromatic rings. The van der Waals surface area contributed by atoms with Crippen LogP contribution in [0.1, 0.15) is 24.8 Å². The van der Waals surface area contributed by atoms with Crippen LogP contribution in [0.2, 0.25) is 0 Å². The second-order valence-electron chi connectivity index (χ2n) is 5.14. The molecule has 2 rings (SSSR count). The monoisotopic (exact) mass is 347 g/mol. The van der Waals surface area contributed by atoms with Gasteiger partial charge in [-0.05, 0) is 59.9 Å².